The molecular weight excluding hydrogens is 1700 g/mol. The van der Waals surface area contributed by atoms with E-state index in [2.05, 4.69) is 145 Å². The summed E-state index contributed by atoms with van der Waals surface area (Å²) < 4.78 is 10.6. The van der Waals surface area contributed by atoms with Crippen molar-refractivity contribution in [2.75, 3.05) is 14.2 Å². The number of ether oxygens (including phenoxy) is 2. The Morgan fingerprint density at radius 3 is 0.947 bits per heavy atom. The summed E-state index contributed by atoms with van der Waals surface area (Å²) in [4.78, 5) is 94.2. The summed E-state index contributed by atoms with van der Waals surface area (Å²) in [6.07, 6.45) is 13.5. The van der Waals surface area contributed by atoms with E-state index in [9.17, 15) is 34.2 Å². The van der Waals surface area contributed by atoms with E-state index < -0.39 is 11.9 Å². The molecule has 0 spiro atoms. The Morgan fingerprint density at radius 2 is 0.602 bits per heavy atom. The van der Waals surface area contributed by atoms with Crippen LogP contribution in [-0.4, -0.2) is 104 Å². The van der Waals surface area contributed by atoms with Crippen molar-refractivity contribution in [3.05, 3.63) is 345 Å². The molecule has 0 saturated carbocycles. The smallest absolute Gasteiger partial charge is 0.352 e. The molecule has 0 saturated heterocycles. The van der Waals surface area contributed by atoms with Crippen molar-refractivity contribution >= 4 is 107 Å². The van der Waals surface area contributed by atoms with Crippen molar-refractivity contribution in [3.8, 4) is 123 Å². The highest BCUT2D eigenvalue weighted by Gasteiger charge is 2.31. The molecule has 0 radical (unpaired) electrons. The third-order valence-corrected chi connectivity index (χ3v) is 25.6. The van der Waals surface area contributed by atoms with Gasteiger partial charge in [0.25, 0.3) is 0 Å². The second kappa shape index (κ2) is 39.4. The van der Waals surface area contributed by atoms with Gasteiger partial charge < -0.3 is 69.5 Å². The van der Waals surface area contributed by atoms with E-state index >= 15 is 0 Å². The molecule has 133 heavy (non-hydrogen) atoms. The van der Waals surface area contributed by atoms with Crippen LogP contribution in [0.5, 0.6) is 11.5 Å². The predicted molar refractivity (Wildman–Crippen MR) is 541 cm³/mol. The number of ketones is 3. The summed E-state index contributed by atoms with van der Waals surface area (Å²) in [5.41, 5.74) is 34.4. The fourth-order valence-electron chi connectivity index (χ4n) is 18.7. The van der Waals surface area contributed by atoms with E-state index in [0.29, 0.717) is 44.9 Å². The Labute approximate surface area is 779 Å². The summed E-state index contributed by atoms with van der Waals surface area (Å²) in [5.74, 6) is -0.370. The van der Waals surface area contributed by atoms with E-state index in [1.807, 2.05) is 215 Å². The number of hydrogen-bond donors (Lipinski definition) is 12. The highest BCUT2D eigenvalue weighted by atomic mass is 35.5. The number of aryl methyl sites for hydroxylation is 2. The number of halogens is 2. The molecule has 0 aliphatic carbocycles. The number of nitrogens with one attached hydrogen (secondary N) is 10. The van der Waals surface area contributed by atoms with Crippen LogP contribution in [0.15, 0.2) is 268 Å². The minimum atomic E-state index is -0.977. The van der Waals surface area contributed by atoms with Crippen LogP contribution < -0.4 is 9.47 Å². The monoisotopic (exact) mass is 1800 g/mol. The standard InChI is InChI=1S/C23H22N2O2.C23H22N2O.C22H18Cl2N2O.C22H20N2O3.C22H20N2O2/c1-4-17-21(15-8-10-16(27-3)11-9-15)22(14(2)26)25-23(17)19-6-5-7-20-18(19)12-13-24-20;1-4-16-21(17-9-6-5-8-14(17)2)22(15(3)26)25-23(16)19-10-7-11-20-18(19)12-13-24-20;1-3-13-19(16-7-4-8-17(23)20(16)24)21(12(2)27)26-22(13)15-6-5-9-18-14(15)10-11-25-18;1-3-15-19(13-6-4-7-14(12-13)27-2)21(22(25)26)24-20(15)17-8-5-9-18-16(17)10-11-23-18;1-3-15-19(14-7-4-6-13(2)12-14)21(22(25)26)24-20(15)17-8-5-9-18-16(17)10-11-23-18/h5-13,24-25H,4H2,1-3H3;5-13,24-25H,4H2,1-3H3;4-11,25-26H,3H2,1-2H3;4-12,23-24H,3H2,1-2H3,(H,25,26);4-12,23-24H,3H2,1-2H3,(H,25,26). The molecule has 10 heterocycles. The van der Waals surface area contributed by atoms with E-state index in [4.69, 9.17) is 32.7 Å². The van der Waals surface area contributed by atoms with Crippen LogP contribution in [0, 0.1) is 13.8 Å². The second-order valence-corrected chi connectivity index (χ2v) is 33.4. The number of carboxylic acids is 2. The molecule has 0 aliphatic rings. The van der Waals surface area contributed by atoms with Gasteiger partial charge in [-0.2, -0.15) is 0 Å². The fourth-order valence-corrected chi connectivity index (χ4v) is 19.1. The van der Waals surface area contributed by atoms with E-state index in [1.165, 1.54) is 11.1 Å². The number of H-pyrrole nitrogens is 10. The van der Waals surface area contributed by atoms with Gasteiger partial charge in [-0.25, -0.2) is 9.59 Å². The summed E-state index contributed by atoms with van der Waals surface area (Å²) >= 11 is 12.8. The van der Waals surface area contributed by atoms with Gasteiger partial charge in [0, 0.05) is 167 Å². The number of Topliss-reactive ketones (excluding diaryl/α,β-unsaturated/α-hetero) is 3. The van der Waals surface area contributed by atoms with Gasteiger partial charge >= 0.3 is 11.9 Å². The number of aromatic nitrogens is 10. The minimum absolute atomic E-state index is 0.0306. The molecule has 0 bridgehead atoms. The lowest BCUT2D eigenvalue weighted by Crippen LogP contribution is -1.99. The molecule has 20 aromatic rings. The molecule has 20 rings (SSSR count). The molecule has 0 unspecified atom stereocenters. The number of carbonyl (C=O) groups excluding carboxylic acids is 3. The largest absolute Gasteiger partial charge is 0.497 e. The van der Waals surface area contributed by atoms with Crippen molar-refractivity contribution in [3.63, 3.8) is 0 Å². The third-order valence-electron chi connectivity index (χ3n) is 24.8. The number of methoxy groups -OCH3 is 2. The van der Waals surface area contributed by atoms with Crippen molar-refractivity contribution < 1.29 is 43.7 Å². The summed E-state index contributed by atoms with van der Waals surface area (Å²) in [6.45, 7) is 19.4. The summed E-state index contributed by atoms with van der Waals surface area (Å²) in [6, 6.07) is 78.0. The molecule has 12 N–H and O–H groups in total. The number of carbonyl (C=O) groups is 5. The Bertz CT molecular complexity index is 7770. The Balaban J connectivity index is 0.000000121. The molecular formula is C112H102Cl2N10O9. The number of fused-ring (bicyclic) bond motifs is 5. The maximum Gasteiger partial charge on any atom is 0.352 e. The topological polar surface area (TPSA) is 302 Å². The first-order valence-corrected chi connectivity index (χ1v) is 45.2. The first-order chi connectivity index (χ1) is 64.5. The average molecular weight is 1800 g/mol. The lowest BCUT2D eigenvalue weighted by atomic mass is 9.92. The van der Waals surface area contributed by atoms with Gasteiger partial charge in [0.2, 0.25) is 0 Å². The van der Waals surface area contributed by atoms with Crippen molar-refractivity contribution in [1.29, 1.82) is 0 Å². The first kappa shape index (κ1) is 90.8. The second-order valence-electron chi connectivity index (χ2n) is 32.7. The lowest BCUT2D eigenvalue weighted by molar-refractivity contribution is 0.0681. The van der Waals surface area contributed by atoms with Gasteiger partial charge in [-0.3, -0.25) is 14.4 Å². The summed E-state index contributed by atoms with van der Waals surface area (Å²) in [7, 11) is 3.26. The highest BCUT2D eigenvalue weighted by molar-refractivity contribution is 6.44. The normalized spacial score (nSPS) is 11.1. The molecule has 0 aliphatic heterocycles. The quantitative estimate of drug-likeness (QED) is 0.0287. The van der Waals surface area contributed by atoms with Crippen LogP contribution in [0.25, 0.3) is 166 Å². The number of benzene rings is 10. The zero-order valence-electron chi connectivity index (χ0n) is 75.9. The van der Waals surface area contributed by atoms with Crippen LogP contribution in [0.2, 0.25) is 10.0 Å². The SMILES string of the molecule is CCc1c(-c2cccc3[nH]ccc23)[nH]c(C(=O)O)c1-c1cccc(C)c1.CCc1c(-c2cccc3[nH]ccc23)[nH]c(C(=O)O)c1-c1cccc(OC)c1.CCc1c(-c2cccc3[nH]ccc23)[nH]c(C(C)=O)c1-c1ccc(OC)cc1.CCc1c(-c2cccc3[nH]ccc23)[nH]c(C(C)=O)c1-c1cccc(Cl)c1Cl.CCc1c(-c2cccc3[nH]ccc23)[nH]c(C(C)=O)c1-c1ccccc1C. The van der Waals surface area contributed by atoms with Gasteiger partial charge in [-0.15, -0.1) is 0 Å². The Morgan fingerprint density at radius 1 is 0.301 bits per heavy atom. The first-order valence-electron chi connectivity index (χ1n) is 44.4. The number of carboxylic acid groups (broad SMARTS) is 2. The number of rotatable bonds is 22. The zero-order chi connectivity index (χ0) is 93.6. The van der Waals surface area contributed by atoms with Gasteiger partial charge in [0.05, 0.1) is 69.8 Å². The van der Waals surface area contributed by atoms with E-state index in [-0.39, 0.29) is 28.7 Å². The molecule has 21 heteroatoms. The Hall–Kier alpha value is -15.6. The molecule has 19 nitrogen and oxygen atoms in total. The van der Waals surface area contributed by atoms with Crippen LogP contribution in [0.1, 0.15) is 147 Å². The lowest BCUT2D eigenvalue weighted by Gasteiger charge is -2.10. The molecule has 0 fully saturated rings. The van der Waals surface area contributed by atoms with E-state index in [0.717, 1.165) is 220 Å². The molecule has 10 aromatic carbocycles. The molecule has 0 amide bonds. The van der Waals surface area contributed by atoms with Gasteiger partial charge in [-0.05, 0) is 193 Å². The van der Waals surface area contributed by atoms with Gasteiger partial charge in [-0.1, -0.05) is 209 Å². The highest BCUT2D eigenvalue weighted by Crippen LogP contribution is 2.47. The van der Waals surface area contributed by atoms with E-state index in [1.54, 1.807) is 41.1 Å². The molecule has 10 aromatic heterocycles. The van der Waals surface area contributed by atoms with Crippen molar-refractivity contribution in [1.82, 2.24) is 49.8 Å². The van der Waals surface area contributed by atoms with Crippen LogP contribution in [-0.2, 0) is 32.1 Å². The molecule has 668 valence electrons. The van der Waals surface area contributed by atoms with Crippen molar-refractivity contribution in [2.45, 2.75) is 101 Å². The van der Waals surface area contributed by atoms with Gasteiger partial charge in [0.1, 0.15) is 22.9 Å². The number of aromatic carboxylic acids is 2. The van der Waals surface area contributed by atoms with Gasteiger partial charge in [0.15, 0.2) is 17.3 Å². The fraction of sp³-hybridized carbons (Fsp3) is 0.152. The minimum Gasteiger partial charge on any atom is -0.497 e. The van der Waals surface area contributed by atoms with Crippen LogP contribution in [0.3, 0.4) is 0 Å². The summed E-state index contributed by atoms with van der Waals surface area (Å²) in [5, 5.41) is 26.1. The predicted octanol–water partition coefficient (Wildman–Crippen LogP) is 28.9. The van der Waals surface area contributed by atoms with Crippen LogP contribution >= 0.6 is 23.2 Å². The maximum atomic E-state index is 12.4. The maximum absolute atomic E-state index is 12.4. The number of hydrogen-bond acceptors (Lipinski definition) is 7. The van der Waals surface area contributed by atoms with Crippen LogP contribution in [0.4, 0.5) is 0 Å². The number of aromatic amines is 10. The van der Waals surface area contributed by atoms with Crippen molar-refractivity contribution in [2.24, 2.45) is 0 Å². The third kappa shape index (κ3) is 17.7. The Kier molecular flexibility index (Phi) is 26.9. The molecule has 0 atom stereocenters. The average Bonchev–Trinajstić information content (AvgIpc) is 1.83. The zero-order valence-corrected chi connectivity index (χ0v) is 77.5.